The first-order chi connectivity index (χ1) is 13.1. The van der Waals surface area contributed by atoms with Gasteiger partial charge in [-0.25, -0.2) is 4.98 Å². The van der Waals surface area contributed by atoms with Gasteiger partial charge in [-0.1, -0.05) is 6.07 Å². The van der Waals surface area contributed by atoms with E-state index in [1.165, 1.54) is 5.56 Å². The normalized spacial score (nSPS) is 21.6. The third-order valence-corrected chi connectivity index (χ3v) is 5.75. The molecule has 0 aliphatic carbocycles. The highest BCUT2D eigenvalue weighted by Gasteiger charge is 2.38. The third-order valence-electron chi connectivity index (χ3n) is 5.75. The molecule has 1 N–H and O–H groups in total. The van der Waals surface area contributed by atoms with Crippen molar-refractivity contribution in [3.63, 3.8) is 0 Å². The first-order valence-electron chi connectivity index (χ1n) is 9.73. The van der Waals surface area contributed by atoms with Gasteiger partial charge in [-0.3, -0.25) is 9.69 Å². The van der Waals surface area contributed by atoms with E-state index in [4.69, 9.17) is 9.47 Å². The Morgan fingerprint density at radius 3 is 2.74 bits per heavy atom. The SMILES string of the molecule is CCOc1ccc(CN2[C@@H]3CC[C@H]2Cc2nc(C)[nH]c(=O)c2C3)cc1OC. The van der Waals surface area contributed by atoms with E-state index in [1.54, 1.807) is 7.11 Å². The van der Waals surface area contributed by atoms with Gasteiger partial charge in [0.1, 0.15) is 5.82 Å². The second kappa shape index (κ2) is 7.35. The molecule has 6 heteroatoms. The van der Waals surface area contributed by atoms with E-state index >= 15 is 0 Å². The summed E-state index contributed by atoms with van der Waals surface area (Å²) in [6.07, 6.45) is 3.92. The van der Waals surface area contributed by atoms with Gasteiger partial charge in [0.15, 0.2) is 11.5 Å². The maximum absolute atomic E-state index is 12.4. The number of methoxy groups -OCH3 is 1. The molecule has 1 aromatic carbocycles. The Bertz CT molecular complexity index is 893. The van der Waals surface area contributed by atoms with Crippen LogP contribution in [0, 0.1) is 6.92 Å². The van der Waals surface area contributed by atoms with Crippen LogP contribution in [-0.4, -0.2) is 40.7 Å². The van der Waals surface area contributed by atoms with E-state index in [0.717, 1.165) is 55.0 Å². The first-order valence-corrected chi connectivity index (χ1v) is 9.73. The fraction of sp³-hybridized carbons (Fsp3) is 0.524. The number of nitrogens with one attached hydrogen (secondary N) is 1. The van der Waals surface area contributed by atoms with Crippen LogP contribution >= 0.6 is 0 Å². The van der Waals surface area contributed by atoms with Gasteiger partial charge in [0.25, 0.3) is 5.56 Å². The van der Waals surface area contributed by atoms with Gasteiger partial charge in [-0.15, -0.1) is 0 Å². The van der Waals surface area contributed by atoms with Crippen molar-refractivity contribution in [2.75, 3.05) is 13.7 Å². The maximum atomic E-state index is 12.4. The number of aryl methyl sites for hydroxylation is 1. The smallest absolute Gasteiger partial charge is 0.254 e. The predicted octanol–water partition coefficient (Wildman–Crippen LogP) is 2.62. The minimum absolute atomic E-state index is 0.0349. The summed E-state index contributed by atoms with van der Waals surface area (Å²) in [6, 6.07) is 6.99. The zero-order valence-corrected chi connectivity index (χ0v) is 16.2. The topological polar surface area (TPSA) is 67.5 Å². The van der Waals surface area contributed by atoms with Crippen molar-refractivity contribution in [1.82, 2.24) is 14.9 Å². The lowest BCUT2D eigenvalue weighted by Crippen LogP contribution is -2.36. The average molecular weight is 369 g/mol. The molecule has 2 aliphatic rings. The molecule has 2 atom stereocenters. The molecule has 2 aliphatic heterocycles. The summed E-state index contributed by atoms with van der Waals surface area (Å²) >= 11 is 0. The standard InChI is InChI=1S/C21H27N3O3/c1-4-27-19-8-5-14(9-20(19)26-3)12-24-15-6-7-16(24)11-18-17(10-15)21(25)23-13(2)22-18/h5,8-9,15-16H,4,6-7,10-12H2,1-3H3,(H,22,23,25)/t15-,16+/m1/s1. The molecule has 27 heavy (non-hydrogen) atoms. The van der Waals surface area contributed by atoms with E-state index in [9.17, 15) is 4.79 Å². The van der Waals surface area contributed by atoms with Gasteiger partial charge in [0.05, 0.1) is 19.4 Å². The number of hydrogen-bond acceptors (Lipinski definition) is 5. The van der Waals surface area contributed by atoms with E-state index in [2.05, 4.69) is 27.0 Å². The molecule has 2 bridgehead atoms. The Hall–Kier alpha value is -2.34. The summed E-state index contributed by atoms with van der Waals surface area (Å²) in [5.41, 5.74) is 3.10. The average Bonchev–Trinajstić information content (AvgIpc) is 2.92. The Kier molecular flexibility index (Phi) is 4.91. The highest BCUT2D eigenvalue weighted by atomic mass is 16.5. The molecule has 2 aromatic rings. The number of rotatable bonds is 5. The molecule has 144 valence electrons. The predicted molar refractivity (Wildman–Crippen MR) is 104 cm³/mol. The van der Waals surface area contributed by atoms with Crippen LogP contribution in [0.25, 0.3) is 0 Å². The van der Waals surface area contributed by atoms with Crippen molar-refractivity contribution in [2.45, 2.75) is 58.2 Å². The van der Waals surface area contributed by atoms with Crippen molar-refractivity contribution < 1.29 is 9.47 Å². The van der Waals surface area contributed by atoms with E-state index < -0.39 is 0 Å². The van der Waals surface area contributed by atoms with Crippen LogP contribution in [0.2, 0.25) is 0 Å². The Morgan fingerprint density at radius 2 is 2.00 bits per heavy atom. The van der Waals surface area contributed by atoms with Gasteiger partial charge < -0.3 is 14.5 Å². The summed E-state index contributed by atoms with van der Waals surface area (Å²) < 4.78 is 11.1. The monoisotopic (exact) mass is 369 g/mol. The first kappa shape index (κ1) is 18.0. The fourth-order valence-electron chi connectivity index (χ4n) is 4.51. The Labute approximate surface area is 159 Å². The van der Waals surface area contributed by atoms with Crippen LogP contribution in [0.1, 0.15) is 42.4 Å². The number of aromatic nitrogens is 2. The quantitative estimate of drug-likeness (QED) is 0.878. The van der Waals surface area contributed by atoms with Crippen LogP contribution < -0.4 is 15.0 Å². The number of H-pyrrole nitrogens is 1. The lowest BCUT2D eigenvalue weighted by molar-refractivity contribution is 0.187. The van der Waals surface area contributed by atoms with Crippen LogP contribution in [-0.2, 0) is 19.4 Å². The Balaban J connectivity index is 1.59. The minimum Gasteiger partial charge on any atom is -0.493 e. The molecule has 3 heterocycles. The van der Waals surface area contributed by atoms with Gasteiger partial charge >= 0.3 is 0 Å². The molecule has 0 amide bonds. The van der Waals surface area contributed by atoms with Crippen molar-refractivity contribution >= 4 is 0 Å². The van der Waals surface area contributed by atoms with Gasteiger partial charge in [-0.2, -0.15) is 0 Å². The Morgan fingerprint density at radius 1 is 1.22 bits per heavy atom. The largest absolute Gasteiger partial charge is 0.493 e. The number of aromatic amines is 1. The van der Waals surface area contributed by atoms with Crippen LogP contribution in [0.15, 0.2) is 23.0 Å². The van der Waals surface area contributed by atoms with E-state index in [0.29, 0.717) is 24.5 Å². The van der Waals surface area contributed by atoms with Crippen molar-refractivity contribution in [3.05, 3.63) is 51.2 Å². The van der Waals surface area contributed by atoms with E-state index in [1.807, 2.05) is 19.9 Å². The number of ether oxygens (including phenoxy) is 2. The van der Waals surface area contributed by atoms with Crippen LogP contribution in [0.5, 0.6) is 11.5 Å². The molecule has 0 unspecified atom stereocenters. The molecule has 0 saturated carbocycles. The fourth-order valence-corrected chi connectivity index (χ4v) is 4.51. The molecule has 0 spiro atoms. The zero-order chi connectivity index (χ0) is 19.0. The van der Waals surface area contributed by atoms with Gasteiger partial charge in [0, 0.05) is 30.6 Å². The number of benzene rings is 1. The van der Waals surface area contributed by atoms with Gasteiger partial charge in [-0.05, 0) is 50.8 Å². The summed E-state index contributed by atoms with van der Waals surface area (Å²) in [6.45, 7) is 5.29. The summed E-state index contributed by atoms with van der Waals surface area (Å²) in [5, 5.41) is 0. The second-order valence-corrected chi connectivity index (χ2v) is 7.46. The van der Waals surface area contributed by atoms with Crippen LogP contribution in [0.3, 0.4) is 0 Å². The van der Waals surface area contributed by atoms with Gasteiger partial charge in [0.2, 0.25) is 0 Å². The number of hydrogen-bond donors (Lipinski definition) is 1. The van der Waals surface area contributed by atoms with E-state index in [-0.39, 0.29) is 5.56 Å². The zero-order valence-electron chi connectivity index (χ0n) is 16.2. The molecule has 1 saturated heterocycles. The molecular weight excluding hydrogens is 342 g/mol. The van der Waals surface area contributed by atoms with Crippen molar-refractivity contribution in [1.29, 1.82) is 0 Å². The molecule has 4 rings (SSSR count). The lowest BCUT2D eigenvalue weighted by Gasteiger charge is -2.28. The highest BCUT2D eigenvalue weighted by molar-refractivity contribution is 5.43. The lowest BCUT2D eigenvalue weighted by atomic mass is 9.98. The second-order valence-electron chi connectivity index (χ2n) is 7.46. The van der Waals surface area contributed by atoms with Crippen molar-refractivity contribution in [2.24, 2.45) is 0 Å². The van der Waals surface area contributed by atoms with Crippen molar-refractivity contribution in [3.8, 4) is 11.5 Å². The number of fused-ring (bicyclic) bond motifs is 3. The molecule has 1 fully saturated rings. The maximum Gasteiger partial charge on any atom is 0.254 e. The molecule has 6 nitrogen and oxygen atoms in total. The molecule has 0 radical (unpaired) electrons. The molecule has 1 aromatic heterocycles. The summed E-state index contributed by atoms with van der Waals surface area (Å²) in [5.74, 6) is 2.26. The van der Waals surface area contributed by atoms with Crippen LogP contribution in [0.4, 0.5) is 0 Å². The number of nitrogens with zero attached hydrogens (tertiary/aromatic N) is 2. The highest BCUT2D eigenvalue weighted by Crippen LogP contribution is 2.35. The third kappa shape index (κ3) is 3.46. The summed E-state index contributed by atoms with van der Waals surface area (Å²) in [7, 11) is 1.67. The minimum atomic E-state index is 0.0349. The summed E-state index contributed by atoms with van der Waals surface area (Å²) in [4.78, 5) is 22.5. The molecular formula is C21H27N3O3.